The van der Waals surface area contributed by atoms with Gasteiger partial charge in [-0.2, -0.15) is 0 Å². The summed E-state index contributed by atoms with van der Waals surface area (Å²) in [6, 6.07) is 0. The van der Waals surface area contributed by atoms with Crippen molar-refractivity contribution in [1.29, 1.82) is 0 Å². The van der Waals surface area contributed by atoms with Crippen LogP contribution in [0.1, 0.15) is 83.5 Å². The van der Waals surface area contributed by atoms with Crippen molar-refractivity contribution in [2.45, 2.75) is 89.6 Å². The van der Waals surface area contributed by atoms with Crippen LogP contribution in [0.3, 0.4) is 0 Å². The Morgan fingerprint density at radius 1 is 0.889 bits per heavy atom. The first kappa shape index (κ1) is 13.9. The first-order valence-electron chi connectivity index (χ1n) is 8.04. The quantitative estimate of drug-likeness (QED) is 0.668. The molecule has 0 spiro atoms. The second-order valence-electron chi connectivity index (χ2n) is 6.15. The number of hydrogen-bond donors (Lipinski definition) is 0. The fourth-order valence-electron chi connectivity index (χ4n) is 3.44. The molecule has 0 aliphatic heterocycles. The van der Waals surface area contributed by atoms with E-state index in [0.29, 0.717) is 6.42 Å². The minimum absolute atomic E-state index is 0.0534. The van der Waals surface area contributed by atoms with E-state index < -0.39 is 0 Å². The summed E-state index contributed by atoms with van der Waals surface area (Å²) in [6.07, 6.45) is 16.1. The normalized spacial score (nSPS) is 22.9. The summed E-state index contributed by atoms with van der Waals surface area (Å²) >= 11 is 0. The van der Waals surface area contributed by atoms with Gasteiger partial charge in [0, 0.05) is 6.42 Å². The maximum atomic E-state index is 11.7. The molecule has 2 fully saturated rings. The van der Waals surface area contributed by atoms with Gasteiger partial charge in [0.2, 0.25) is 0 Å². The van der Waals surface area contributed by atoms with Gasteiger partial charge in [0.1, 0.15) is 6.10 Å². The van der Waals surface area contributed by atoms with E-state index in [9.17, 15) is 4.79 Å². The molecule has 2 saturated carbocycles. The largest absolute Gasteiger partial charge is 0.462 e. The first-order valence-corrected chi connectivity index (χ1v) is 8.04. The Labute approximate surface area is 111 Å². The maximum Gasteiger partial charge on any atom is 0.306 e. The van der Waals surface area contributed by atoms with Crippen LogP contribution >= 0.6 is 0 Å². The smallest absolute Gasteiger partial charge is 0.306 e. The van der Waals surface area contributed by atoms with Crippen LogP contribution in [0.5, 0.6) is 0 Å². The van der Waals surface area contributed by atoms with Gasteiger partial charge < -0.3 is 4.74 Å². The molecule has 0 aromatic rings. The van der Waals surface area contributed by atoms with Crippen molar-refractivity contribution in [3.05, 3.63) is 0 Å². The van der Waals surface area contributed by atoms with Crippen LogP contribution in [0.2, 0.25) is 0 Å². The maximum absolute atomic E-state index is 11.7. The predicted octanol–water partition coefficient (Wildman–Crippen LogP) is 4.61. The average Bonchev–Trinajstić information content (AvgIpc) is 2.41. The van der Waals surface area contributed by atoms with Crippen molar-refractivity contribution < 1.29 is 9.53 Å². The van der Waals surface area contributed by atoms with Gasteiger partial charge in [-0.25, -0.2) is 0 Å². The Bertz CT molecular complexity index is 237. The van der Waals surface area contributed by atoms with Crippen LogP contribution in [0.25, 0.3) is 0 Å². The molecule has 2 nitrogen and oxygen atoms in total. The van der Waals surface area contributed by atoms with Crippen LogP contribution < -0.4 is 0 Å². The molecule has 0 atom stereocenters. The molecule has 18 heavy (non-hydrogen) atoms. The first-order chi connectivity index (χ1) is 8.84. The third-order valence-corrected chi connectivity index (χ3v) is 4.57. The van der Waals surface area contributed by atoms with Crippen LogP contribution in [0, 0.1) is 5.92 Å². The summed E-state index contributed by atoms with van der Waals surface area (Å²) in [5, 5.41) is 0. The number of ether oxygens (including phenoxy) is 1. The minimum atomic E-state index is 0.0534. The molecule has 2 heteroatoms. The molecule has 0 heterocycles. The molecular weight excluding hydrogens is 224 g/mol. The van der Waals surface area contributed by atoms with Crippen molar-refractivity contribution in [3.63, 3.8) is 0 Å². The molecular formula is C16H28O2. The fraction of sp³-hybridized carbons (Fsp3) is 0.938. The molecule has 0 aromatic carbocycles. The lowest BCUT2D eigenvalue weighted by Crippen LogP contribution is -2.20. The molecule has 0 bridgehead atoms. The number of carbonyl (C=O) groups excluding carboxylic acids is 1. The lowest BCUT2D eigenvalue weighted by Gasteiger charge is -2.23. The fourth-order valence-corrected chi connectivity index (χ4v) is 3.44. The van der Waals surface area contributed by atoms with E-state index in [1.807, 2.05) is 0 Å². The zero-order valence-electron chi connectivity index (χ0n) is 11.7. The highest BCUT2D eigenvalue weighted by Gasteiger charge is 2.18. The molecule has 0 aromatic heterocycles. The monoisotopic (exact) mass is 252 g/mol. The summed E-state index contributed by atoms with van der Waals surface area (Å²) in [7, 11) is 0. The molecule has 0 N–H and O–H groups in total. The van der Waals surface area contributed by atoms with Gasteiger partial charge in [-0.3, -0.25) is 4.79 Å². The molecule has 0 saturated heterocycles. The number of rotatable bonds is 5. The Hall–Kier alpha value is -0.530. The summed E-state index contributed by atoms with van der Waals surface area (Å²) in [4.78, 5) is 11.7. The Morgan fingerprint density at radius 3 is 2.17 bits per heavy atom. The Balaban J connectivity index is 1.53. The van der Waals surface area contributed by atoms with E-state index in [4.69, 9.17) is 4.74 Å². The molecule has 0 radical (unpaired) electrons. The molecule has 2 rings (SSSR count). The van der Waals surface area contributed by atoms with Crippen molar-refractivity contribution in [2.24, 2.45) is 5.92 Å². The van der Waals surface area contributed by atoms with E-state index in [1.165, 1.54) is 57.8 Å². The molecule has 2 aliphatic carbocycles. The number of hydrogen-bond acceptors (Lipinski definition) is 2. The van der Waals surface area contributed by atoms with Crippen molar-refractivity contribution >= 4 is 5.97 Å². The van der Waals surface area contributed by atoms with Crippen molar-refractivity contribution in [2.75, 3.05) is 0 Å². The second-order valence-corrected chi connectivity index (χ2v) is 6.15. The van der Waals surface area contributed by atoms with Gasteiger partial charge in [0.05, 0.1) is 0 Å². The zero-order chi connectivity index (χ0) is 12.6. The summed E-state index contributed by atoms with van der Waals surface area (Å²) < 4.78 is 5.54. The lowest BCUT2D eigenvalue weighted by molar-refractivity contribution is -0.150. The minimum Gasteiger partial charge on any atom is -0.462 e. The molecule has 104 valence electrons. The van der Waals surface area contributed by atoms with E-state index in [2.05, 4.69) is 0 Å². The molecule has 0 unspecified atom stereocenters. The van der Waals surface area contributed by atoms with Gasteiger partial charge >= 0.3 is 5.97 Å². The average molecular weight is 252 g/mol. The predicted molar refractivity (Wildman–Crippen MR) is 73.4 cm³/mol. The SMILES string of the molecule is O=C(CCCC1CCCCC1)OC1CCCCC1. The third-order valence-electron chi connectivity index (χ3n) is 4.57. The van der Waals surface area contributed by atoms with Crippen LogP contribution in [0.4, 0.5) is 0 Å². The van der Waals surface area contributed by atoms with Crippen molar-refractivity contribution in [3.8, 4) is 0 Å². The van der Waals surface area contributed by atoms with E-state index in [0.717, 1.165) is 25.2 Å². The Morgan fingerprint density at radius 2 is 1.50 bits per heavy atom. The summed E-state index contributed by atoms with van der Waals surface area (Å²) in [5.41, 5.74) is 0. The van der Waals surface area contributed by atoms with E-state index in [1.54, 1.807) is 0 Å². The lowest BCUT2D eigenvalue weighted by atomic mass is 9.86. The van der Waals surface area contributed by atoms with Crippen LogP contribution in [-0.4, -0.2) is 12.1 Å². The van der Waals surface area contributed by atoms with Crippen LogP contribution in [0.15, 0.2) is 0 Å². The molecule has 0 amide bonds. The number of carbonyl (C=O) groups is 1. The van der Waals surface area contributed by atoms with Gasteiger partial charge in [0.15, 0.2) is 0 Å². The summed E-state index contributed by atoms with van der Waals surface area (Å²) in [6.45, 7) is 0. The topological polar surface area (TPSA) is 26.3 Å². The standard InChI is InChI=1S/C16H28O2/c17-16(18-15-11-5-2-6-12-15)13-7-10-14-8-3-1-4-9-14/h14-15H,1-13H2. The number of esters is 1. The van der Waals surface area contributed by atoms with Gasteiger partial charge in [-0.05, 0) is 44.4 Å². The zero-order valence-corrected chi connectivity index (χ0v) is 11.7. The highest BCUT2D eigenvalue weighted by molar-refractivity contribution is 5.69. The van der Waals surface area contributed by atoms with Crippen LogP contribution in [-0.2, 0) is 9.53 Å². The summed E-state index contributed by atoms with van der Waals surface area (Å²) in [5.74, 6) is 0.943. The molecule has 2 aliphatic rings. The van der Waals surface area contributed by atoms with Crippen molar-refractivity contribution in [1.82, 2.24) is 0 Å². The van der Waals surface area contributed by atoms with E-state index in [-0.39, 0.29) is 12.1 Å². The van der Waals surface area contributed by atoms with Gasteiger partial charge in [0.25, 0.3) is 0 Å². The van der Waals surface area contributed by atoms with Gasteiger partial charge in [-0.15, -0.1) is 0 Å². The van der Waals surface area contributed by atoms with Gasteiger partial charge in [-0.1, -0.05) is 38.5 Å². The highest BCUT2D eigenvalue weighted by Crippen LogP contribution is 2.28. The Kier molecular flexibility index (Phi) is 6.02. The second kappa shape index (κ2) is 7.81. The highest BCUT2D eigenvalue weighted by atomic mass is 16.5. The third kappa shape index (κ3) is 4.99. The van der Waals surface area contributed by atoms with E-state index >= 15 is 0 Å².